The normalized spacial score (nSPS) is 12.2. The number of hydrogen-bond donors (Lipinski definition) is 1. The van der Waals surface area contributed by atoms with Gasteiger partial charge in [0.15, 0.2) is 0 Å². The molecule has 2 aromatic rings. The van der Waals surface area contributed by atoms with E-state index in [9.17, 15) is 0 Å². The van der Waals surface area contributed by atoms with Gasteiger partial charge in [0.2, 0.25) is 0 Å². The van der Waals surface area contributed by atoms with Crippen LogP contribution in [-0.2, 0) is 6.54 Å². The van der Waals surface area contributed by atoms with E-state index in [1.165, 1.54) is 5.56 Å². The zero-order valence-corrected chi connectivity index (χ0v) is 12.7. The molecule has 0 fully saturated rings. The molecule has 0 amide bonds. The van der Waals surface area contributed by atoms with E-state index >= 15 is 0 Å². The topological polar surface area (TPSA) is 41.1 Å². The fourth-order valence-corrected chi connectivity index (χ4v) is 2.09. The Morgan fingerprint density at radius 1 is 1.20 bits per heavy atom. The van der Waals surface area contributed by atoms with Crippen molar-refractivity contribution < 1.29 is 0 Å². The van der Waals surface area contributed by atoms with Gasteiger partial charge in [0, 0.05) is 18.6 Å². The predicted octanol–water partition coefficient (Wildman–Crippen LogP) is 3.05. The molecule has 5 heteroatoms. The lowest BCUT2D eigenvalue weighted by atomic mass is 10.1. The van der Waals surface area contributed by atoms with Gasteiger partial charge in [-0.2, -0.15) is 0 Å². The van der Waals surface area contributed by atoms with E-state index in [4.69, 9.17) is 11.6 Å². The van der Waals surface area contributed by atoms with Crippen LogP contribution in [0.15, 0.2) is 36.7 Å². The standard InChI is InChI=1S/C15H19ClN4/c1-11(12-4-6-13(16)7-5-12)20(3)15-10-18-14(8-17-2)9-19-15/h4-7,9-11,17H,8H2,1-3H3. The van der Waals surface area contributed by atoms with Crippen LogP contribution in [0.3, 0.4) is 0 Å². The van der Waals surface area contributed by atoms with Crippen LogP contribution >= 0.6 is 11.6 Å². The molecule has 4 nitrogen and oxygen atoms in total. The van der Waals surface area contributed by atoms with Crippen molar-refractivity contribution in [3.63, 3.8) is 0 Å². The zero-order chi connectivity index (χ0) is 14.5. The largest absolute Gasteiger partial charge is 0.352 e. The first-order valence-corrected chi connectivity index (χ1v) is 6.93. The summed E-state index contributed by atoms with van der Waals surface area (Å²) in [5.74, 6) is 0.854. The summed E-state index contributed by atoms with van der Waals surface area (Å²) in [6.45, 7) is 2.86. The average molecular weight is 291 g/mol. The smallest absolute Gasteiger partial charge is 0.147 e. The monoisotopic (exact) mass is 290 g/mol. The van der Waals surface area contributed by atoms with Crippen molar-refractivity contribution in [2.45, 2.75) is 19.5 Å². The maximum Gasteiger partial charge on any atom is 0.147 e. The molecular formula is C15H19ClN4. The molecule has 0 spiro atoms. The minimum atomic E-state index is 0.205. The van der Waals surface area contributed by atoms with Crippen LogP contribution in [0, 0.1) is 0 Å². The van der Waals surface area contributed by atoms with Crippen LogP contribution in [0.4, 0.5) is 5.82 Å². The second-order valence-electron chi connectivity index (χ2n) is 4.73. The van der Waals surface area contributed by atoms with Crippen molar-refractivity contribution in [3.05, 3.63) is 52.9 Å². The number of nitrogens with zero attached hydrogens (tertiary/aromatic N) is 3. The van der Waals surface area contributed by atoms with Crippen molar-refractivity contribution in [1.82, 2.24) is 15.3 Å². The molecule has 106 valence electrons. The number of halogens is 1. The molecule has 0 saturated heterocycles. The molecule has 1 heterocycles. The van der Waals surface area contributed by atoms with Gasteiger partial charge in [-0.05, 0) is 31.7 Å². The van der Waals surface area contributed by atoms with E-state index in [1.807, 2.05) is 38.4 Å². The Bertz CT molecular complexity index is 539. The van der Waals surface area contributed by atoms with Crippen molar-refractivity contribution in [2.24, 2.45) is 0 Å². The second kappa shape index (κ2) is 6.68. The SMILES string of the molecule is CNCc1cnc(N(C)C(C)c2ccc(Cl)cc2)cn1. The van der Waals surface area contributed by atoms with Crippen LogP contribution in [0.1, 0.15) is 24.2 Å². The van der Waals surface area contributed by atoms with Gasteiger partial charge in [0.25, 0.3) is 0 Å². The predicted molar refractivity (Wildman–Crippen MR) is 83.1 cm³/mol. The minimum Gasteiger partial charge on any atom is -0.352 e. The van der Waals surface area contributed by atoms with Crippen LogP contribution in [-0.4, -0.2) is 24.1 Å². The molecule has 0 aliphatic rings. The molecule has 0 radical (unpaired) electrons. The zero-order valence-electron chi connectivity index (χ0n) is 12.0. The van der Waals surface area contributed by atoms with Crippen molar-refractivity contribution in [1.29, 1.82) is 0 Å². The molecule has 0 aliphatic heterocycles. The number of nitrogens with one attached hydrogen (secondary N) is 1. The van der Waals surface area contributed by atoms with Crippen LogP contribution in [0.2, 0.25) is 5.02 Å². The molecule has 0 saturated carbocycles. The fraction of sp³-hybridized carbons (Fsp3) is 0.333. The number of hydrogen-bond acceptors (Lipinski definition) is 4. The molecule has 1 aromatic carbocycles. The van der Waals surface area contributed by atoms with Gasteiger partial charge in [-0.1, -0.05) is 23.7 Å². The van der Waals surface area contributed by atoms with Crippen LogP contribution < -0.4 is 10.2 Å². The van der Waals surface area contributed by atoms with Crippen molar-refractivity contribution in [2.75, 3.05) is 19.0 Å². The molecule has 2 rings (SSSR count). The lowest BCUT2D eigenvalue weighted by Gasteiger charge is -2.26. The Morgan fingerprint density at radius 2 is 1.90 bits per heavy atom. The van der Waals surface area contributed by atoms with E-state index < -0.39 is 0 Å². The average Bonchev–Trinajstić information content (AvgIpc) is 2.48. The van der Waals surface area contributed by atoms with Gasteiger partial charge >= 0.3 is 0 Å². The molecule has 1 atom stereocenters. The van der Waals surface area contributed by atoms with Gasteiger partial charge in [-0.15, -0.1) is 0 Å². The third-order valence-electron chi connectivity index (χ3n) is 3.34. The molecule has 1 unspecified atom stereocenters. The maximum atomic E-state index is 5.92. The minimum absolute atomic E-state index is 0.205. The Kier molecular flexibility index (Phi) is 4.93. The summed E-state index contributed by atoms with van der Waals surface area (Å²) in [5, 5.41) is 3.81. The van der Waals surface area contributed by atoms with Gasteiger partial charge in [-0.25, -0.2) is 4.98 Å². The molecule has 20 heavy (non-hydrogen) atoms. The number of rotatable bonds is 5. The number of benzene rings is 1. The van der Waals surface area contributed by atoms with E-state index in [2.05, 4.69) is 27.1 Å². The van der Waals surface area contributed by atoms with Gasteiger partial charge in [0.1, 0.15) is 5.82 Å². The van der Waals surface area contributed by atoms with E-state index in [0.29, 0.717) is 0 Å². The number of aromatic nitrogens is 2. The van der Waals surface area contributed by atoms with Crippen molar-refractivity contribution >= 4 is 17.4 Å². The Labute approximate surface area is 124 Å². The van der Waals surface area contributed by atoms with E-state index in [1.54, 1.807) is 12.4 Å². The second-order valence-corrected chi connectivity index (χ2v) is 5.17. The van der Waals surface area contributed by atoms with Gasteiger partial charge in [-0.3, -0.25) is 4.98 Å². The Hall–Kier alpha value is -1.65. The Balaban J connectivity index is 2.13. The highest BCUT2D eigenvalue weighted by molar-refractivity contribution is 6.30. The highest BCUT2D eigenvalue weighted by Crippen LogP contribution is 2.24. The first-order chi connectivity index (χ1) is 9.61. The molecule has 0 aliphatic carbocycles. The van der Waals surface area contributed by atoms with Crippen LogP contribution in [0.5, 0.6) is 0 Å². The summed E-state index contributed by atoms with van der Waals surface area (Å²) < 4.78 is 0. The third-order valence-corrected chi connectivity index (χ3v) is 3.60. The fourth-order valence-electron chi connectivity index (χ4n) is 1.97. The van der Waals surface area contributed by atoms with Gasteiger partial charge in [0.05, 0.1) is 24.1 Å². The summed E-state index contributed by atoms with van der Waals surface area (Å²) in [6.07, 6.45) is 3.61. The summed E-state index contributed by atoms with van der Waals surface area (Å²) in [7, 11) is 3.91. The maximum absolute atomic E-state index is 5.92. The summed E-state index contributed by atoms with van der Waals surface area (Å²) in [4.78, 5) is 10.9. The quantitative estimate of drug-likeness (QED) is 0.919. The third kappa shape index (κ3) is 3.46. The highest BCUT2D eigenvalue weighted by atomic mass is 35.5. The summed E-state index contributed by atoms with van der Waals surface area (Å²) in [5.41, 5.74) is 2.13. The Morgan fingerprint density at radius 3 is 2.45 bits per heavy atom. The van der Waals surface area contributed by atoms with E-state index in [-0.39, 0.29) is 6.04 Å². The lowest BCUT2D eigenvalue weighted by Crippen LogP contribution is -2.23. The first kappa shape index (κ1) is 14.8. The van der Waals surface area contributed by atoms with Gasteiger partial charge < -0.3 is 10.2 Å². The number of anilines is 1. The lowest BCUT2D eigenvalue weighted by molar-refractivity contribution is 0.720. The van der Waals surface area contributed by atoms with Crippen LogP contribution in [0.25, 0.3) is 0 Å². The molecule has 1 N–H and O–H groups in total. The molecule has 0 bridgehead atoms. The van der Waals surface area contributed by atoms with Crippen molar-refractivity contribution in [3.8, 4) is 0 Å². The summed E-state index contributed by atoms with van der Waals surface area (Å²) >= 11 is 5.92. The first-order valence-electron chi connectivity index (χ1n) is 6.55. The molecular weight excluding hydrogens is 272 g/mol. The summed E-state index contributed by atoms with van der Waals surface area (Å²) in [6, 6.07) is 8.08. The highest BCUT2D eigenvalue weighted by Gasteiger charge is 2.13. The van der Waals surface area contributed by atoms with E-state index in [0.717, 1.165) is 23.1 Å². The molecule has 1 aromatic heterocycles.